The predicted octanol–water partition coefficient (Wildman–Crippen LogP) is 4.98. The Balaban J connectivity index is 3.09. The number of phenolic OH excluding ortho intramolecular Hbond substituents is 1. The lowest BCUT2D eigenvalue weighted by atomic mass is 9.76. The second-order valence-corrected chi connectivity index (χ2v) is 8.01. The van der Waals surface area contributed by atoms with Gasteiger partial charge in [0.25, 0.3) is 0 Å². The average Bonchev–Trinajstić information content (AvgIpc) is 2.42. The fourth-order valence-corrected chi connectivity index (χ4v) is 2.54. The lowest BCUT2D eigenvalue weighted by Gasteiger charge is -2.28. The van der Waals surface area contributed by atoms with E-state index >= 15 is 0 Å². The molecule has 23 heavy (non-hydrogen) atoms. The van der Waals surface area contributed by atoms with Gasteiger partial charge in [0.15, 0.2) is 0 Å². The Labute approximate surface area is 141 Å². The Morgan fingerprint density at radius 3 is 2.26 bits per heavy atom. The summed E-state index contributed by atoms with van der Waals surface area (Å²) in [4.78, 5) is 12.2. The predicted molar refractivity (Wildman–Crippen MR) is 96.7 cm³/mol. The van der Waals surface area contributed by atoms with Crippen LogP contribution in [0.3, 0.4) is 0 Å². The highest BCUT2D eigenvalue weighted by Crippen LogP contribution is 2.40. The van der Waals surface area contributed by atoms with Gasteiger partial charge in [-0.15, -0.1) is 0 Å². The zero-order chi connectivity index (χ0) is 17.8. The molecule has 0 unspecified atom stereocenters. The first kappa shape index (κ1) is 19.3. The van der Waals surface area contributed by atoms with Gasteiger partial charge in [-0.3, -0.25) is 4.79 Å². The van der Waals surface area contributed by atoms with Gasteiger partial charge >= 0.3 is 0 Å². The zero-order valence-corrected chi connectivity index (χ0v) is 15.6. The first-order valence-corrected chi connectivity index (χ1v) is 8.36. The first-order chi connectivity index (χ1) is 10.5. The van der Waals surface area contributed by atoms with E-state index < -0.39 is 5.41 Å². The molecule has 0 aliphatic rings. The van der Waals surface area contributed by atoms with Gasteiger partial charge in [0.1, 0.15) is 5.75 Å². The molecule has 0 radical (unpaired) electrons. The fraction of sp³-hybridized carbons (Fsp3) is 0.571. The minimum atomic E-state index is -0.452. The van der Waals surface area contributed by atoms with E-state index in [1.54, 1.807) is 0 Å². The topological polar surface area (TPSA) is 37.3 Å². The molecule has 0 heterocycles. The van der Waals surface area contributed by atoms with Gasteiger partial charge in [-0.05, 0) is 23.3 Å². The molecule has 0 saturated heterocycles. The van der Waals surface area contributed by atoms with Crippen molar-refractivity contribution in [2.24, 2.45) is 5.92 Å². The van der Waals surface area contributed by atoms with Crippen molar-refractivity contribution in [2.45, 2.75) is 72.1 Å². The quantitative estimate of drug-likeness (QED) is 0.629. The van der Waals surface area contributed by atoms with Crippen LogP contribution in [0.4, 0.5) is 0 Å². The molecular weight excluding hydrogens is 284 g/mol. The summed E-state index contributed by atoms with van der Waals surface area (Å²) >= 11 is 0. The van der Waals surface area contributed by atoms with Crippen LogP contribution in [-0.2, 0) is 15.6 Å². The lowest BCUT2D eigenvalue weighted by molar-refractivity contribution is -0.114. The van der Waals surface area contributed by atoms with Crippen LogP contribution < -0.4 is 0 Å². The SMILES string of the molecule is CC[C@@H](C)C#CC(=O)CC(C)(C)c1cccc(C(C)(C)C)c1O. The number of rotatable bonds is 4. The minimum Gasteiger partial charge on any atom is -0.507 e. The first-order valence-electron chi connectivity index (χ1n) is 8.36. The highest BCUT2D eigenvalue weighted by molar-refractivity contribution is 5.96. The van der Waals surface area contributed by atoms with E-state index in [2.05, 4.69) is 39.5 Å². The second-order valence-electron chi connectivity index (χ2n) is 8.01. The Hall–Kier alpha value is -1.75. The Kier molecular flexibility index (Phi) is 6.05. The molecule has 126 valence electrons. The van der Waals surface area contributed by atoms with Gasteiger partial charge in [-0.1, -0.05) is 72.6 Å². The molecule has 0 fully saturated rings. The van der Waals surface area contributed by atoms with Crippen LogP contribution in [0.15, 0.2) is 18.2 Å². The molecule has 2 heteroatoms. The molecular formula is C21H30O2. The van der Waals surface area contributed by atoms with Crippen molar-refractivity contribution in [3.05, 3.63) is 29.3 Å². The van der Waals surface area contributed by atoms with Crippen LogP contribution in [-0.4, -0.2) is 10.9 Å². The van der Waals surface area contributed by atoms with Gasteiger partial charge in [-0.2, -0.15) is 0 Å². The summed E-state index contributed by atoms with van der Waals surface area (Å²) < 4.78 is 0. The maximum atomic E-state index is 12.2. The summed E-state index contributed by atoms with van der Waals surface area (Å²) in [5.74, 6) is 6.21. The van der Waals surface area contributed by atoms with E-state index in [-0.39, 0.29) is 17.1 Å². The van der Waals surface area contributed by atoms with Crippen LogP contribution in [0.5, 0.6) is 5.75 Å². The lowest BCUT2D eigenvalue weighted by Crippen LogP contribution is -2.23. The third-order valence-corrected chi connectivity index (χ3v) is 4.25. The molecule has 0 aliphatic carbocycles. The molecule has 0 aliphatic heterocycles. The van der Waals surface area contributed by atoms with Crippen molar-refractivity contribution in [2.75, 3.05) is 0 Å². The number of phenols is 1. The number of hydrogen-bond donors (Lipinski definition) is 1. The van der Waals surface area contributed by atoms with Crippen LogP contribution in [0.25, 0.3) is 0 Å². The summed E-state index contributed by atoms with van der Waals surface area (Å²) in [5, 5.41) is 10.7. The summed E-state index contributed by atoms with van der Waals surface area (Å²) in [6.45, 7) is 14.3. The number of aromatic hydroxyl groups is 1. The van der Waals surface area contributed by atoms with Crippen molar-refractivity contribution in [3.8, 4) is 17.6 Å². The molecule has 1 aromatic carbocycles. The molecule has 1 atom stereocenters. The number of Topliss-reactive ketones (excluding diaryl/α,β-unsaturated/α-hetero) is 1. The smallest absolute Gasteiger partial charge is 0.206 e. The van der Waals surface area contributed by atoms with E-state index in [4.69, 9.17) is 0 Å². The van der Waals surface area contributed by atoms with Gasteiger partial charge in [0.05, 0.1) is 0 Å². The largest absolute Gasteiger partial charge is 0.507 e. The van der Waals surface area contributed by atoms with Gasteiger partial charge in [0.2, 0.25) is 5.78 Å². The maximum Gasteiger partial charge on any atom is 0.206 e. The minimum absolute atomic E-state index is 0.0733. The number of carbonyl (C=O) groups is 1. The number of benzene rings is 1. The highest BCUT2D eigenvalue weighted by atomic mass is 16.3. The number of para-hydroxylation sites is 1. The standard InChI is InChI=1S/C21H30O2/c1-8-15(2)12-13-16(22)14-21(6,7)18-11-9-10-17(19(18)23)20(3,4)5/h9-11,15,23H,8,14H2,1-7H3/t15-/m1/s1. The molecule has 0 aromatic heterocycles. The Morgan fingerprint density at radius 2 is 1.74 bits per heavy atom. The summed E-state index contributed by atoms with van der Waals surface area (Å²) in [6.07, 6.45) is 1.25. The monoisotopic (exact) mass is 314 g/mol. The van der Waals surface area contributed by atoms with Crippen molar-refractivity contribution >= 4 is 5.78 Å². The number of carbonyl (C=O) groups excluding carboxylic acids is 1. The van der Waals surface area contributed by atoms with E-state index in [0.717, 1.165) is 17.5 Å². The maximum absolute atomic E-state index is 12.2. The van der Waals surface area contributed by atoms with Crippen molar-refractivity contribution in [1.82, 2.24) is 0 Å². The summed E-state index contributed by atoms with van der Waals surface area (Å²) in [7, 11) is 0. The number of hydrogen-bond acceptors (Lipinski definition) is 2. The van der Waals surface area contributed by atoms with Gasteiger partial charge in [0, 0.05) is 23.3 Å². The van der Waals surface area contributed by atoms with Crippen molar-refractivity contribution < 1.29 is 9.90 Å². The Morgan fingerprint density at radius 1 is 1.17 bits per heavy atom. The average molecular weight is 314 g/mol. The fourth-order valence-electron chi connectivity index (χ4n) is 2.54. The molecule has 1 aromatic rings. The van der Waals surface area contributed by atoms with E-state index in [1.165, 1.54) is 0 Å². The molecule has 1 N–H and O–H groups in total. The molecule has 0 spiro atoms. The number of ketones is 1. The highest BCUT2D eigenvalue weighted by Gasteiger charge is 2.29. The molecule has 0 bridgehead atoms. The molecule has 0 saturated carbocycles. The third-order valence-electron chi connectivity index (χ3n) is 4.25. The summed E-state index contributed by atoms with van der Waals surface area (Å²) in [6, 6.07) is 5.80. The van der Waals surface area contributed by atoms with Crippen LogP contribution in [0.1, 0.15) is 72.4 Å². The third kappa shape index (κ3) is 5.13. The second kappa shape index (κ2) is 7.21. The van der Waals surface area contributed by atoms with Crippen LogP contribution >= 0.6 is 0 Å². The molecule has 2 nitrogen and oxygen atoms in total. The zero-order valence-electron chi connectivity index (χ0n) is 15.6. The van der Waals surface area contributed by atoms with Crippen LogP contribution in [0.2, 0.25) is 0 Å². The Bertz CT molecular complexity index is 621. The molecule has 1 rings (SSSR count). The van der Waals surface area contributed by atoms with Crippen LogP contribution in [0, 0.1) is 17.8 Å². The molecule has 0 amide bonds. The van der Waals surface area contributed by atoms with Gasteiger partial charge in [-0.25, -0.2) is 0 Å². The van der Waals surface area contributed by atoms with Crippen molar-refractivity contribution in [1.29, 1.82) is 0 Å². The normalized spacial score (nSPS) is 13.2. The van der Waals surface area contributed by atoms with Crippen molar-refractivity contribution in [3.63, 3.8) is 0 Å². The van der Waals surface area contributed by atoms with E-state index in [1.807, 2.05) is 39.0 Å². The van der Waals surface area contributed by atoms with Gasteiger partial charge < -0.3 is 5.11 Å². The van der Waals surface area contributed by atoms with E-state index in [9.17, 15) is 9.90 Å². The van der Waals surface area contributed by atoms with E-state index in [0.29, 0.717) is 12.2 Å². The summed E-state index contributed by atoms with van der Waals surface area (Å²) in [5.41, 5.74) is 1.12.